The van der Waals surface area contributed by atoms with E-state index in [4.69, 9.17) is 10.5 Å². The molecule has 0 fully saturated rings. The maximum absolute atomic E-state index is 5.79. The molecule has 2 N–H and O–H groups in total. The zero-order chi connectivity index (χ0) is 12.3. The molecule has 0 amide bonds. The largest absolute Gasteiger partial charge is 0.490 e. The van der Waals surface area contributed by atoms with Crippen LogP contribution in [0, 0.1) is 13.8 Å². The number of rotatable bonds is 4. The second-order valence-corrected chi connectivity index (χ2v) is 4.00. The van der Waals surface area contributed by atoms with E-state index in [9.17, 15) is 0 Å². The average Bonchev–Trinajstić information content (AvgIpc) is 2.63. The zero-order valence-electron chi connectivity index (χ0n) is 10.2. The van der Waals surface area contributed by atoms with Gasteiger partial charge < -0.3 is 15.0 Å². The average molecular weight is 231 g/mol. The van der Waals surface area contributed by atoms with Crippen LogP contribution in [-0.4, -0.2) is 16.2 Å². The third kappa shape index (κ3) is 2.58. The van der Waals surface area contributed by atoms with E-state index >= 15 is 0 Å². The van der Waals surface area contributed by atoms with E-state index in [0.29, 0.717) is 12.3 Å². The third-order valence-electron chi connectivity index (χ3n) is 2.85. The van der Waals surface area contributed by atoms with E-state index in [1.165, 1.54) is 5.69 Å². The van der Waals surface area contributed by atoms with Gasteiger partial charge in [-0.3, -0.25) is 0 Å². The highest BCUT2D eigenvalue weighted by molar-refractivity contribution is 5.51. The number of imidazole rings is 1. The van der Waals surface area contributed by atoms with Gasteiger partial charge in [-0.05, 0) is 26.0 Å². The van der Waals surface area contributed by atoms with E-state index in [2.05, 4.69) is 16.5 Å². The number of anilines is 1. The lowest BCUT2D eigenvalue weighted by Crippen LogP contribution is -2.09. The summed E-state index contributed by atoms with van der Waals surface area (Å²) in [6, 6.07) is 7.52. The quantitative estimate of drug-likeness (QED) is 0.820. The lowest BCUT2D eigenvalue weighted by atomic mass is 10.3. The molecule has 90 valence electrons. The molecular weight excluding hydrogens is 214 g/mol. The van der Waals surface area contributed by atoms with E-state index in [-0.39, 0.29) is 0 Å². The minimum absolute atomic E-state index is 0.588. The summed E-state index contributed by atoms with van der Waals surface area (Å²) in [5, 5.41) is 0. The fourth-order valence-corrected chi connectivity index (χ4v) is 1.64. The van der Waals surface area contributed by atoms with Gasteiger partial charge in [-0.25, -0.2) is 4.98 Å². The van der Waals surface area contributed by atoms with Crippen LogP contribution in [-0.2, 0) is 6.54 Å². The van der Waals surface area contributed by atoms with Gasteiger partial charge in [0, 0.05) is 5.69 Å². The highest BCUT2D eigenvalue weighted by atomic mass is 16.5. The number of hydrogen-bond donors (Lipinski definition) is 1. The molecule has 0 saturated heterocycles. The maximum atomic E-state index is 5.79. The van der Waals surface area contributed by atoms with Crippen LogP contribution in [0.4, 0.5) is 5.69 Å². The molecule has 4 heteroatoms. The van der Waals surface area contributed by atoms with E-state index < -0.39 is 0 Å². The Hall–Kier alpha value is -1.97. The Labute approximate surface area is 101 Å². The van der Waals surface area contributed by atoms with Crippen LogP contribution in [0.5, 0.6) is 5.75 Å². The lowest BCUT2D eigenvalue weighted by Gasteiger charge is -2.09. The van der Waals surface area contributed by atoms with Crippen LogP contribution in [0.3, 0.4) is 0 Å². The molecule has 0 radical (unpaired) electrons. The Kier molecular flexibility index (Phi) is 3.32. The summed E-state index contributed by atoms with van der Waals surface area (Å²) in [7, 11) is 0. The molecular formula is C13H17N3O. The van der Waals surface area contributed by atoms with Crippen molar-refractivity contribution in [1.29, 1.82) is 0 Å². The van der Waals surface area contributed by atoms with Crippen LogP contribution >= 0.6 is 0 Å². The Bertz CT molecular complexity index is 505. The van der Waals surface area contributed by atoms with Crippen molar-refractivity contribution >= 4 is 5.69 Å². The molecule has 17 heavy (non-hydrogen) atoms. The molecule has 0 spiro atoms. The Morgan fingerprint density at radius 3 is 2.71 bits per heavy atom. The number of nitrogens with zero attached hydrogens (tertiary/aromatic N) is 2. The zero-order valence-corrected chi connectivity index (χ0v) is 10.2. The van der Waals surface area contributed by atoms with Gasteiger partial charge in [0.2, 0.25) is 0 Å². The van der Waals surface area contributed by atoms with Gasteiger partial charge in [-0.1, -0.05) is 12.1 Å². The normalized spacial score (nSPS) is 10.5. The maximum Gasteiger partial charge on any atom is 0.142 e. The van der Waals surface area contributed by atoms with Gasteiger partial charge in [0.05, 0.1) is 24.3 Å². The van der Waals surface area contributed by atoms with Gasteiger partial charge in [0.25, 0.3) is 0 Å². The smallest absolute Gasteiger partial charge is 0.142 e. The molecule has 1 aromatic carbocycles. The summed E-state index contributed by atoms with van der Waals surface area (Å²) in [4.78, 5) is 4.24. The predicted molar refractivity (Wildman–Crippen MR) is 68.1 cm³/mol. The third-order valence-corrected chi connectivity index (χ3v) is 2.85. The first-order valence-corrected chi connectivity index (χ1v) is 5.64. The molecule has 0 atom stereocenters. The Morgan fingerprint density at radius 2 is 2.06 bits per heavy atom. The van der Waals surface area contributed by atoms with Crippen LogP contribution in [0.15, 0.2) is 30.6 Å². The van der Waals surface area contributed by atoms with Crippen molar-refractivity contribution in [3.63, 3.8) is 0 Å². The molecule has 2 rings (SSSR count). The van der Waals surface area contributed by atoms with Crippen molar-refractivity contribution in [3.05, 3.63) is 42.0 Å². The molecule has 0 aliphatic heterocycles. The summed E-state index contributed by atoms with van der Waals surface area (Å²) in [6.45, 7) is 5.42. The van der Waals surface area contributed by atoms with Crippen molar-refractivity contribution in [1.82, 2.24) is 9.55 Å². The first-order chi connectivity index (χ1) is 8.18. The Morgan fingerprint density at radius 1 is 1.29 bits per heavy atom. The lowest BCUT2D eigenvalue weighted by molar-refractivity contribution is 0.298. The van der Waals surface area contributed by atoms with Crippen LogP contribution in [0.2, 0.25) is 0 Å². The molecule has 0 saturated carbocycles. The van der Waals surface area contributed by atoms with Crippen LogP contribution in [0.25, 0.3) is 0 Å². The van der Waals surface area contributed by atoms with Crippen molar-refractivity contribution in [3.8, 4) is 5.75 Å². The minimum atomic E-state index is 0.588. The molecule has 2 aromatic rings. The monoisotopic (exact) mass is 231 g/mol. The number of nitrogen functional groups attached to an aromatic ring is 1. The van der Waals surface area contributed by atoms with Gasteiger partial charge >= 0.3 is 0 Å². The molecule has 4 nitrogen and oxygen atoms in total. The second kappa shape index (κ2) is 4.91. The summed E-state index contributed by atoms with van der Waals surface area (Å²) in [6.07, 6.45) is 1.84. The standard InChI is InChI=1S/C13H17N3O/c1-10-11(2)16(9-15-10)7-8-17-13-6-4-3-5-12(13)14/h3-6,9H,7-8,14H2,1-2H3. The molecule has 0 aliphatic rings. The topological polar surface area (TPSA) is 53.1 Å². The number of hydrogen-bond acceptors (Lipinski definition) is 3. The SMILES string of the molecule is Cc1ncn(CCOc2ccccc2N)c1C. The molecule has 0 aliphatic carbocycles. The van der Waals surface area contributed by atoms with Crippen molar-refractivity contribution in [2.24, 2.45) is 0 Å². The van der Waals surface area contributed by atoms with E-state index in [0.717, 1.165) is 18.0 Å². The molecule has 0 bridgehead atoms. The number of aromatic nitrogens is 2. The van der Waals surface area contributed by atoms with Gasteiger partial charge in [-0.2, -0.15) is 0 Å². The molecule has 1 heterocycles. The minimum Gasteiger partial charge on any atom is -0.490 e. The number of aryl methyl sites for hydroxylation is 1. The van der Waals surface area contributed by atoms with Crippen LogP contribution < -0.4 is 10.5 Å². The number of para-hydroxylation sites is 2. The van der Waals surface area contributed by atoms with E-state index in [1.807, 2.05) is 37.5 Å². The number of ether oxygens (including phenoxy) is 1. The van der Waals surface area contributed by atoms with Crippen molar-refractivity contribution in [2.45, 2.75) is 20.4 Å². The van der Waals surface area contributed by atoms with Gasteiger partial charge in [0.1, 0.15) is 12.4 Å². The highest BCUT2D eigenvalue weighted by Gasteiger charge is 2.02. The predicted octanol–water partition coefficient (Wildman–Crippen LogP) is 2.16. The summed E-state index contributed by atoms with van der Waals surface area (Å²) in [5.41, 5.74) is 8.70. The van der Waals surface area contributed by atoms with E-state index in [1.54, 1.807) is 0 Å². The summed E-state index contributed by atoms with van der Waals surface area (Å²) in [5.74, 6) is 0.738. The second-order valence-electron chi connectivity index (χ2n) is 4.00. The Balaban J connectivity index is 1.92. The fraction of sp³-hybridized carbons (Fsp3) is 0.308. The summed E-state index contributed by atoms with van der Waals surface area (Å²) < 4.78 is 7.71. The van der Waals surface area contributed by atoms with Gasteiger partial charge in [0.15, 0.2) is 0 Å². The van der Waals surface area contributed by atoms with Crippen molar-refractivity contribution in [2.75, 3.05) is 12.3 Å². The molecule has 1 aromatic heterocycles. The fourth-order valence-electron chi connectivity index (χ4n) is 1.64. The first-order valence-electron chi connectivity index (χ1n) is 5.64. The first kappa shape index (κ1) is 11.5. The molecule has 0 unspecified atom stereocenters. The highest BCUT2D eigenvalue weighted by Crippen LogP contribution is 2.19. The van der Waals surface area contributed by atoms with Crippen molar-refractivity contribution < 1.29 is 4.74 Å². The number of benzene rings is 1. The van der Waals surface area contributed by atoms with Gasteiger partial charge in [-0.15, -0.1) is 0 Å². The van der Waals surface area contributed by atoms with Crippen LogP contribution in [0.1, 0.15) is 11.4 Å². The summed E-state index contributed by atoms with van der Waals surface area (Å²) >= 11 is 0. The number of nitrogens with two attached hydrogens (primary N) is 1.